The average Bonchev–Trinajstić information content (AvgIpc) is 2.50. The average molecular weight is 211 g/mol. The molecule has 0 aromatic carbocycles. The minimum Gasteiger partial charge on any atom is -0.462 e. The number of esters is 1. The lowest BCUT2D eigenvalue weighted by molar-refractivity contribution is -0.146. The van der Waals surface area contributed by atoms with E-state index in [0.717, 1.165) is 5.69 Å². The highest BCUT2D eigenvalue weighted by molar-refractivity contribution is 5.71. The summed E-state index contributed by atoms with van der Waals surface area (Å²) in [6.45, 7) is 4.45. The van der Waals surface area contributed by atoms with Crippen molar-refractivity contribution in [1.82, 2.24) is 15.1 Å². The van der Waals surface area contributed by atoms with Crippen molar-refractivity contribution in [2.75, 3.05) is 6.54 Å². The van der Waals surface area contributed by atoms with Crippen molar-refractivity contribution in [1.29, 1.82) is 0 Å². The summed E-state index contributed by atoms with van der Waals surface area (Å²) < 4.78 is 6.69. The molecule has 0 spiro atoms. The third-order valence-electron chi connectivity index (χ3n) is 1.71. The maximum Gasteiger partial charge on any atom is 0.320 e. The molecule has 5 heteroatoms. The molecule has 1 rings (SSSR count). The summed E-state index contributed by atoms with van der Waals surface area (Å²) >= 11 is 0. The van der Waals surface area contributed by atoms with Crippen LogP contribution in [0.4, 0.5) is 0 Å². The quantitative estimate of drug-likeness (QED) is 0.719. The van der Waals surface area contributed by atoms with E-state index in [1.54, 1.807) is 4.68 Å². The van der Waals surface area contributed by atoms with Crippen molar-refractivity contribution in [3.8, 4) is 0 Å². The molecule has 1 aromatic heterocycles. The molecule has 0 saturated heterocycles. The molecule has 0 aliphatic heterocycles. The van der Waals surface area contributed by atoms with Gasteiger partial charge in [0, 0.05) is 19.8 Å². The topological polar surface area (TPSA) is 56.1 Å². The van der Waals surface area contributed by atoms with E-state index in [9.17, 15) is 4.79 Å². The molecule has 84 valence electrons. The van der Waals surface area contributed by atoms with Crippen LogP contribution < -0.4 is 5.32 Å². The summed E-state index contributed by atoms with van der Waals surface area (Å²) in [5.41, 5.74) is 0.912. The first-order chi connectivity index (χ1) is 7.08. The molecular weight excluding hydrogens is 194 g/mol. The number of aryl methyl sites for hydroxylation is 1. The second-order valence-electron chi connectivity index (χ2n) is 3.62. The van der Waals surface area contributed by atoms with Crippen molar-refractivity contribution < 1.29 is 9.53 Å². The fourth-order valence-electron chi connectivity index (χ4n) is 1.15. The van der Waals surface area contributed by atoms with Gasteiger partial charge in [0.25, 0.3) is 0 Å². The largest absolute Gasteiger partial charge is 0.462 e. The monoisotopic (exact) mass is 211 g/mol. The lowest BCUT2D eigenvalue weighted by Crippen LogP contribution is -2.26. The molecule has 0 aliphatic rings. The second kappa shape index (κ2) is 5.50. The summed E-state index contributed by atoms with van der Waals surface area (Å²) in [6.07, 6.45) is 1.80. The van der Waals surface area contributed by atoms with Gasteiger partial charge in [-0.2, -0.15) is 5.10 Å². The Hall–Kier alpha value is -1.36. The summed E-state index contributed by atoms with van der Waals surface area (Å²) in [6, 6.07) is 1.90. The van der Waals surface area contributed by atoms with E-state index in [1.807, 2.05) is 33.2 Å². The molecule has 1 N–H and O–H groups in total. The Bertz CT molecular complexity index is 320. The predicted octanol–water partition coefficient (Wildman–Crippen LogP) is 0.461. The van der Waals surface area contributed by atoms with Crippen LogP contribution in [0, 0.1) is 0 Å². The molecule has 1 aromatic rings. The molecule has 5 nitrogen and oxygen atoms in total. The van der Waals surface area contributed by atoms with Crippen molar-refractivity contribution in [3.63, 3.8) is 0 Å². The summed E-state index contributed by atoms with van der Waals surface area (Å²) in [5, 5.41) is 7.14. The second-order valence-corrected chi connectivity index (χ2v) is 3.62. The van der Waals surface area contributed by atoms with Crippen LogP contribution >= 0.6 is 0 Å². The van der Waals surface area contributed by atoms with E-state index in [2.05, 4.69) is 10.4 Å². The zero-order valence-electron chi connectivity index (χ0n) is 9.36. The van der Waals surface area contributed by atoms with Crippen LogP contribution in [0.3, 0.4) is 0 Å². The molecule has 0 amide bonds. The van der Waals surface area contributed by atoms with Crippen LogP contribution in [0.2, 0.25) is 0 Å². The minimum atomic E-state index is -0.235. The van der Waals surface area contributed by atoms with Gasteiger partial charge in [0.15, 0.2) is 0 Å². The van der Waals surface area contributed by atoms with Crippen LogP contribution in [-0.4, -0.2) is 28.4 Å². The first-order valence-corrected chi connectivity index (χ1v) is 4.96. The molecule has 0 aliphatic carbocycles. The normalized spacial score (nSPS) is 10.7. The lowest BCUT2D eigenvalue weighted by Gasteiger charge is -2.07. The number of hydrogen-bond acceptors (Lipinski definition) is 4. The number of hydrogen-bond donors (Lipinski definition) is 1. The Balaban J connectivity index is 2.19. The van der Waals surface area contributed by atoms with Crippen molar-refractivity contribution >= 4 is 5.97 Å². The molecule has 0 unspecified atom stereocenters. The van der Waals surface area contributed by atoms with Gasteiger partial charge in [-0.25, -0.2) is 0 Å². The highest BCUT2D eigenvalue weighted by atomic mass is 16.5. The Labute approximate surface area is 89.4 Å². The van der Waals surface area contributed by atoms with E-state index >= 15 is 0 Å². The number of nitrogens with zero attached hydrogens (tertiary/aromatic N) is 2. The van der Waals surface area contributed by atoms with Gasteiger partial charge in [-0.05, 0) is 19.9 Å². The van der Waals surface area contributed by atoms with Crippen LogP contribution in [0.15, 0.2) is 12.3 Å². The first kappa shape index (κ1) is 11.7. The molecule has 0 fully saturated rings. The SMILES string of the molecule is CC(C)OC(=O)CNCc1ccn(C)n1. The number of carbonyl (C=O) groups excluding carboxylic acids is 1. The molecule has 0 radical (unpaired) electrons. The van der Waals surface area contributed by atoms with Crippen molar-refractivity contribution in [2.24, 2.45) is 7.05 Å². The number of ether oxygens (including phenoxy) is 1. The highest BCUT2D eigenvalue weighted by Gasteiger charge is 2.04. The summed E-state index contributed by atoms with van der Waals surface area (Å²) in [7, 11) is 1.86. The van der Waals surface area contributed by atoms with Crippen molar-refractivity contribution in [3.05, 3.63) is 18.0 Å². The van der Waals surface area contributed by atoms with Gasteiger partial charge < -0.3 is 10.1 Å². The molecule has 1 heterocycles. The van der Waals surface area contributed by atoms with Gasteiger partial charge in [0.05, 0.1) is 18.3 Å². The smallest absolute Gasteiger partial charge is 0.320 e. The fraction of sp³-hybridized carbons (Fsp3) is 0.600. The zero-order chi connectivity index (χ0) is 11.3. The number of nitrogens with one attached hydrogen (secondary N) is 1. The standard InChI is InChI=1S/C10H17N3O2/c1-8(2)15-10(14)7-11-6-9-4-5-13(3)12-9/h4-5,8,11H,6-7H2,1-3H3. The van der Waals surface area contributed by atoms with Gasteiger partial charge in [0.1, 0.15) is 0 Å². The fourth-order valence-corrected chi connectivity index (χ4v) is 1.15. The van der Waals surface area contributed by atoms with Gasteiger partial charge in [-0.15, -0.1) is 0 Å². The Morgan fingerprint density at radius 2 is 2.40 bits per heavy atom. The van der Waals surface area contributed by atoms with Crippen molar-refractivity contribution in [2.45, 2.75) is 26.5 Å². The maximum atomic E-state index is 11.1. The van der Waals surface area contributed by atoms with Crippen LogP contribution in [0.5, 0.6) is 0 Å². The summed E-state index contributed by atoms with van der Waals surface area (Å²) in [5.74, 6) is -0.235. The zero-order valence-corrected chi connectivity index (χ0v) is 9.36. The third-order valence-corrected chi connectivity index (χ3v) is 1.71. The van der Waals surface area contributed by atoms with Gasteiger partial charge in [0.2, 0.25) is 0 Å². The van der Waals surface area contributed by atoms with E-state index in [1.165, 1.54) is 0 Å². The Morgan fingerprint density at radius 3 is 2.93 bits per heavy atom. The molecule has 0 atom stereocenters. The van der Waals surface area contributed by atoms with E-state index < -0.39 is 0 Å². The number of aromatic nitrogens is 2. The highest BCUT2D eigenvalue weighted by Crippen LogP contribution is 1.93. The first-order valence-electron chi connectivity index (χ1n) is 4.96. The van der Waals surface area contributed by atoms with E-state index in [0.29, 0.717) is 6.54 Å². The van der Waals surface area contributed by atoms with Gasteiger partial charge in [-0.1, -0.05) is 0 Å². The predicted molar refractivity (Wildman–Crippen MR) is 56.1 cm³/mol. The van der Waals surface area contributed by atoms with Crippen LogP contribution in [0.25, 0.3) is 0 Å². The van der Waals surface area contributed by atoms with Gasteiger partial charge in [-0.3, -0.25) is 9.48 Å². The Kier molecular flexibility index (Phi) is 4.30. The van der Waals surface area contributed by atoms with Gasteiger partial charge >= 0.3 is 5.97 Å². The Morgan fingerprint density at radius 1 is 1.67 bits per heavy atom. The molecule has 0 bridgehead atoms. The van der Waals surface area contributed by atoms with E-state index in [4.69, 9.17) is 4.74 Å². The maximum absolute atomic E-state index is 11.1. The lowest BCUT2D eigenvalue weighted by atomic mass is 10.4. The van der Waals surface area contributed by atoms with Crippen LogP contribution in [-0.2, 0) is 23.1 Å². The molecular formula is C10H17N3O2. The van der Waals surface area contributed by atoms with Crippen LogP contribution in [0.1, 0.15) is 19.5 Å². The summed E-state index contributed by atoms with van der Waals surface area (Å²) in [4.78, 5) is 11.1. The van der Waals surface area contributed by atoms with E-state index in [-0.39, 0.29) is 18.6 Å². The minimum absolute atomic E-state index is 0.0610. The number of rotatable bonds is 5. The molecule has 0 saturated carbocycles. The molecule has 15 heavy (non-hydrogen) atoms. The number of carbonyl (C=O) groups is 1. The third kappa shape index (κ3) is 4.60.